The van der Waals surface area contributed by atoms with Crippen molar-refractivity contribution < 1.29 is 13.2 Å². The van der Waals surface area contributed by atoms with E-state index in [0.29, 0.717) is 17.4 Å². The van der Waals surface area contributed by atoms with Crippen molar-refractivity contribution in [3.63, 3.8) is 0 Å². The van der Waals surface area contributed by atoms with Crippen LogP contribution in [0.5, 0.6) is 0 Å². The van der Waals surface area contributed by atoms with Crippen LogP contribution in [0.15, 0.2) is 30.0 Å². The van der Waals surface area contributed by atoms with Crippen molar-refractivity contribution in [2.45, 2.75) is 38.5 Å². The number of nitrogens with one attached hydrogen (secondary N) is 1. The normalized spacial score (nSPS) is 17.2. The van der Waals surface area contributed by atoms with E-state index >= 15 is 0 Å². The molecule has 1 aliphatic rings. The van der Waals surface area contributed by atoms with Crippen LogP contribution in [0.4, 0.5) is 13.2 Å². The van der Waals surface area contributed by atoms with Gasteiger partial charge in [-0.2, -0.15) is 13.2 Å². The third-order valence-corrected chi connectivity index (χ3v) is 4.43. The predicted octanol–water partition coefficient (Wildman–Crippen LogP) is 2.96. The molecule has 27 heavy (non-hydrogen) atoms. The second kappa shape index (κ2) is 9.67. The van der Waals surface area contributed by atoms with Crippen molar-refractivity contribution in [3.05, 3.63) is 41.4 Å². The maximum atomic E-state index is 12.9. The third kappa shape index (κ3) is 7.16. The Morgan fingerprint density at radius 2 is 2.04 bits per heavy atom. The van der Waals surface area contributed by atoms with Gasteiger partial charge in [0.2, 0.25) is 0 Å². The number of hydrogen-bond donors (Lipinski definition) is 2. The van der Waals surface area contributed by atoms with Gasteiger partial charge in [0, 0.05) is 17.4 Å². The molecule has 4 nitrogen and oxygen atoms in total. The fraction of sp³-hybridized carbons (Fsp3) is 0.500. The maximum Gasteiger partial charge on any atom is 0.406 e. The van der Waals surface area contributed by atoms with E-state index in [2.05, 4.69) is 29.1 Å². The van der Waals surface area contributed by atoms with Crippen molar-refractivity contribution in [1.82, 2.24) is 14.8 Å². The summed E-state index contributed by atoms with van der Waals surface area (Å²) < 4.78 is 39.8. The summed E-state index contributed by atoms with van der Waals surface area (Å²) in [6, 6.07) is 3.66. The van der Waals surface area contributed by atoms with E-state index in [1.807, 2.05) is 13.0 Å². The summed E-state index contributed by atoms with van der Waals surface area (Å²) >= 11 is 0. The summed E-state index contributed by atoms with van der Waals surface area (Å²) in [6.07, 6.45) is 3.17. The number of hydrogen-bond acceptors (Lipinski definition) is 3. The number of likely N-dealkylation sites (tertiary alicyclic amines) is 1. The zero-order chi connectivity index (χ0) is 19.9. The monoisotopic (exact) mass is 380 g/mol. The Labute approximate surface area is 158 Å². The zero-order valence-corrected chi connectivity index (χ0v) is 15.8. The van der Waals surface area contributed by atoms with Crippen molar-refractivity contribution in [3.8, 4) is 11.8 Å². The van der Waals surface area contributed by atoms with Gasteiger partial charge in [0.15, 0.2) is 0 Å². The molecule has 0 bridgehead atoms. The molecule has 1 fully saturated rings. The highest BCUT2D eigenvalue weighted by molar-refractivity contribution is 5.51. The first-order valence-electron chi connectivity index (χ1n) is 9.04. The van der Waals surface area contributed by atoms with E-state index in [4.69, 9.17) is 5.73 Å². The summed E-state index contributed by atoms with van der Waals surface area (Å²) in [5.74, 6) is 5.30. The van der Waals surface area contributed by atoms with Crippen LogP contribution >= 0.6 is 0 Å². The Hall–Kier alpha value is -2.17. The van der Waals surface area contributed by atoms with E-state index in [1.54, 1.807) is 24.3 Å². The van der Waals surface area contributed by atoms with Crippen LogP contribution in [0.1, 0.15) is 31.2 Å². The molecule has 0 radical (unpaired) electrons. The number of nitrogens with two attached hydrogens (primary N) is 1. The minimum Gasteiger partial charge on any atom is -0.386 e. The molecule has 1 saturated heterocycles. The number of alkyl halides is 3. The highest BCUT2D eigenvalue weighted by Crippen LogP contribution is 2.21. The first-order valence-corrected chi connectivity index (χ1v) is 9.04. The van der Waals surface area contributed by atoms with Crippen LogP contribution in [0, 0.1) is 11.8 Å². The molecule has 1 aromatic heterocycles. The van der Waals surface area contributed by atoms with Crippen LogP contribution in [-0.2, 0) is 6.54 Å². The van der Waals surface area contributed by atoms with Crippen molar-refractivity contribution in [1.29, 1.82) is 0 Å². The summed E-state index contributed by atoms with van der Waals surface area (Å²) in [4.78, 5) is 2.30. The molecule has 2 heterocycles. The minimum atomic E-state index is -4.32. The van der Waals surface area contributed by atoms with E-state index in [9.17, 15) is 13.2 Å². The third-order valence-electron chi connectivity index (χ3n) is 4.43. The highest BCUT2D eigenvalue weighted by Gasteiger charge is 2.29. The van der Waals surface area contributed by atoms with Gasteiger partial charge >= 0.3 is 6.18 Å². The topological polar surface area (TPSA) is 46.2 Å². The fourth-order valence-corrected chi connectivity index (χ4v) is 3.05. The van der Waals surface area contributed by atoms with Crippen molar-refractivity contribution in [2.75, 3.05) is 26.7 Å². The Kier molecular flexibility index (Phi) is 7.57. The largest absolute Gasteiger partial charge is 0.406 e. The van der Waals surface area contributed by atoms with Crippen LogP contribution < -0.4 is 11.1 Å². The average molecular weight is 380 g/mol. The van der Waals surface area contributed by atoms with Crippen LogP contribution in [0.25, 0.3) is 6.08 Å². The summed E-state index contributed by atoms with van der Waals surface area (Å²) in [5.41, 5.74) is 7.08. The summed E-state index contributed by atoms with van der Waals surface area (Å²) in [5, 5.41) is 3.47. The van der Waals surface area contributed by atoms with Gasteiger partial charge in [-0.1, -0.05) is 12.0 Å². The average Bonchev–Trinajstić information content (AvgIpc) is 2.95. The maximum absolute atomic E-state index is 12.9. The molecule has 7 heteroatoms. The van der Waals surface area contributed by atoms with Crippen LogP contribution in [0.3, 0.4) is 0 Å². The Morgan fingerprint density at radius 1 is 1.33 bits per heavy atom. The molecule has 0 spiro atoms. The standard InChI is InChI=1S/C20H27F3N4/c1-16(25-17-10-13-26(2)14-11-17)5-3-6-18-8-9-19(7-4-12-24)27(18)15-20(21,22)23/h3,5-6,8-9,17,25H,10-15,24H2,1-2H3/b6-3-,16-5+. The molecule has 148 valence electrons. The van der Waals surface area contributed by atoms with Crippen LogP contribution in [-0.4, -0.2) is 48.4 Å². The molecule has 0 amide bonds. The van der Waals surface area contributed by atoms with E-state index in [-0.39, 0.29) is 6.54 Å². The Morgan fingerprint density at radius 3 is 2.67 bits per heavy atom. The first-order chi connectivity index (χ1) is 12.8. The van der Waals surface area contributed by atoms with Gasteiger partial charge in [-0.3, -0.25) is 0 Å². The summed E-state index contributed by atoms with van der Waals surface area (Å²) in [6.45, 7) is 3.13. The minimum absolute atomic E-state index is 0.104. The SMILES string of the molecule is C/C(=C\C=C/c1ccc(C#CCN)n1CC(F)(F)F)NC1CCN(C)CC1. The lowest BCUT2D eigenvalue weighted by molar-refractivity contribution is -0.140. The molecule has 3 N–H and O–H groups in total. The van der Waals surface area contributed by atoms with Gasteiger partial charge < -0.3 is 20.5 Å². The molecule has 0 atom stereocenters. The number of halogens is 3. The van der Waals surface area contributed by atoms with Gasteiger partial charge in [0.25, 0.3) is 0 Å². The predicted molar refractivity (Wildman–Crippen MR) is 103 cm³/mol. The van der Waals surface area contributed by atoms with Crippen molar-refractivity contribution >= 4 is 6.08 Å². The van der Waals surface area contributed by atoms with Gasteiger partial charge in [0.05, 0.1) is 12.2 Å². The van der Waals surface area contributed by atoms with Gasteiger partial charge in [0.1, 0.15) is 6.54 Å². The van der Waals surface area contributed by atoms with Gasteiger partial charge in [-0.15, -0.1) is 0 Å². The zero-order valence-electron chi connectivity index (χ0n) is 15.8. The fourth-order valence-electron chi connectivity index (χ4n) is 3.05. The molecule has 0 saturated carbocycles. The molecule has 0 aromatic carbocycles. The number of nitrogens with zero attached hydrogens (tertiary/aromatic N) is 2. The molecular formula is C20H27F3N4. The van der Waals surface area contributed by atoms with Crippen molar-refractivity contribution in [2.24, 2.45) is 5.73 Å². The first kappa shape index (κ1) is 21.1. The number of piperidine rings is 1. The lowest BCUT2D eigenvalue weighted by atomic mass is 10.1. The second-order valence-corrected chi connectivity index (χ2v) is 6.78. The molecule has 0 unspecified atom stereocenters. The number of aromatic nitrogens is 1. The van der Waals surface area contributed by atoms with E-state index < -0.39 is 12.7 Å². The highest BCUT2D eigenvalue weighted by atomic mass is 19.4. The summed E-state index contributed by atoms with van der Waals surface area (Å²) in [7, 11) is 2.11. The van der Waals surface area contributed by atoms with Crippen LogP contribution in [0.2, 0.25) is 0 Å². The van der Waals surface area contributed by atoms with E-state index in [0.717, 1.165) is 36.2 Å². The molecule has 2 rings (SSSR count). The smallest absolute Gasteiger partial charge is 0.386 e. The van der Waals surface area contributed by atoms with E-state index in [1.165, 1.54) is 0 Å². The molecule has 1 aliphatic heterocycles. The molecular weight excluding hydrogens is 353 g/mol. The number of allylic oxidation sites excluding steroid dienone is 3. The Balaban J connectivity index is 2.07. The van der Waals surface area contributed by atoms with Gasteiger partial charge in [-0.05, 0) is 70.1 Å². The second-order valence-electron chi connectivity index (χ2n) is 6.78. The lowest BCUT2D eigenvalue weighted by Crippen LogP contribution is -2.40. The Bertz CT molecular complexity index is 727. The number of rotatable bonds is 5. The molecule has 0 aliphatic carbocycles. The molecule has 1 aromatic rings. The lowest BCUT2D eigenvalue weighted by Gasteiger charge is -2.30. The van der Waals surface area contributed by atoms with Gasteiger partial charge in [-0.25, -0.2) is 0 Å². The quantitative estimate of drug-likeness (QED) is 0.610.